The standard InChI is InChI=1S/C21H24FN3O3/c1-23-21(28)14-8-11-16-18(12-14)24-17(4-2-3-5-19(26)27)20(25-16)13-6-9-15(22)10-7-13/h6-9,11-12,15,21,23,28H,2-5,10H2,1H3,(H,26,27). The maximum Gasteiger partial charge on any atom is 0.303 e. The number of fused-ring (bicyclic) bond motifs is 1. The van der Waals surface area contributed by atoms with Gasteiger partial charge in [-0.25, -0.2) is 14.4 Å². The van der Waals surface area contributed by atoms with Crippen molar-refractivity contribution >= 4 is 22.6 Å². The zero-order chi connectivity index (χ0) is 20.1. The topological polar surface area (TPSA) is 95.3 Å². The van der Waals surface area contributed by atoms with Gasteiger partial charge in [-0.3, -0.25) is 10.1 Å². The van der Waals surface area contributed by atoms with Crippen molar-refractivity contribution in [1.82, 2.24) is 15.3 Å². The molecule has 6 nitrogen and oxygen atoms in total. The van der Waals surface area contributed by atoms with Crippen LogP contribution in [0.5, 0.6) is 0 Å². The Balaban J connectivity index is 1.97. The molecule has 2 aromatic rings. The van der Waals surface area contributed by atoms with Crippen LogP contribution < -0.4 is 5.32 Å². The SMILES string of the molecule is CNC(O)c1ccc2nc(C3=CCC(F)C=C3)c(CCCCC(=O)O)nc2c1. The highest BCUT2D eigenvalue weighted by atomic mass is 19.1. The van der Waals surface area contributed by atoms with Gasteiger partial charge in [-0.05, 0) is 55.7 Å². The van der Waals surface area contributed by atoms with E-state index >= 15 is 0 Å². The van der Waals surface area contributed by atoms with Crippen molar-refractivity contribution in [1.29, 1.82) is 0 Å². The molecule has 3 N–H and O–H groups in total. The number of carboxylic acid groups (broad SMARTS) is 1. The molecule has 2 atom stereocenters. The third kappa shape index (κ3) is 4.79. The number of nitrogens with zero attached hydrogens (tertiary/aromatic N) is 2. The van der Waals surface area contributed by atoms with Gasteiger partial charge in [0, 0.05) is 12.8 Å². The van der Waals surface area contributed by atoms with Crippen molar-refractivity contribution in [2.24, 2.45) is 0 Å². The quantitative estimate of drug-likeness (QED) is 0.477. The number of aliphatic hydroxyl groups is 1. The van der Waals surface area contributed by atoms with Crippen LogP contribution in [0.2, 0.25) is 0 Å². The molecular formula is C21H24FN3O3. The molecule has 1 aromatic carbocycles. The fourth-order valence-electron chi connectivity index (χ4n) is 3.19. The molecule has 0 radical (unpaired) electrons. The Morgan fingerprint density at radius 3 is 2.82 bits per heavy atom. The first-order chi connectivity index (χ1) is 13.5. The summed E-state index contributed by atoms with van der Waals surface area (Å²) in [4.78, 5) is 20.2. The molecule has 3 rings (SSSR count). The summed E-state index contributed by atoms with van der Waals surface area (Å²) in [6.07, 6.45) is 5.49. The fourth-order valence-corrected chi connectivity index (χ4v) is 3.19. The van der Waals surface area contributed by atoms with E-state index in [1.54, 1.807) is 31.3 Å². The number of aliphatic carboxylic acids is 1. The highest BCUT2D eigenvalue weighted by Gasteiger charge is 2.16. The molecule has 1 aromatic heterocycles. The predicted molar refractivity (Wildman–Crippen MR) is 105 cm³/mol. The molecule has 1 aliphatic rings. The Labute approximate surface area is 162 Å². The minimum Gasteiger partial charge on any atom is -0.481 e. The predicted octanol–water partition coefficient (Wildman–Crippen LogP) is 3.32. The summed E-state index contributed by atoms with van der Waals surface area (Å²) in [5.41, 5.74) is 4.32. The van der Waals surface area contributed by atoms with Gasteiger partial charge >= 0.3 is 5.97 Å². The molecule has 1 aliphatic carbocycles. The summed E-state index contributed by atoms with van der Waals surface area (Å²) in [5.74, 6) is -0.817. The van der Waals surface area contributed by atoms with Gasteiger partial charge in [-0.1, -0.05) is 18.2 Å². The van der Waals surface area contributed by atoms with Gasteiger partial charge in [-0.2, -0.15) is 0 Å². The van der Waals surface area contributed by atoms with Crippen molar-refractivity contribution in [3.05, 3.63) is 53.4 Å². The number of hydrogen-bond acceptors (Lipinski definition) is 5. The van der Waals surface area contributed by atoms with Gasteiger partial charge in [0.05, 0.1) is 22.4 Å². The van der Waals surface area contributed by atoms with Gasteiger partial charge < -0.3 is 10.2 Å². The van der Waals surface area contributed by atoms with Crippen LogP contribution in [0.25, 0.3) is 16.6 Å². The molecule has 0 saturated heterocycles. The Kier molecular flexibility index (Phi) is 6.49. The number of hydrogen-bond donors (Lipinski definition) is 3. The zero-order valence-corrected chi connectivity index (χ0v) is 15.7. The lowest BCUT2D eigenvalue weighted by Gasteiger charge is -2.15. The Morgan fingerprint density at radius 2 is 2.14 bits per heavy atom. The number of allylic oxidation sites excluding steroid dienone is 4. The van der Waals surface area contributed by atoms with Crippen LogP contribution in [0.4, 0.5) is 4.39 Å². The van der Waals surface area contributed by atoms with Gasteiger partial charge in [-0.15, -0.1) is 0 Å². The summed E-state index contributed by atoms with van der Waals surface area (Å²) in [7, 11) is 1.66. The molecule has 1 heterocycles. The third-order valence-corrected chi connectivity index (χ3v) is 4.72. The fraction of sp³-hybridized carbons (Fsp3) is 0.381. The van der Waals surface area contributed by atoms with E-state index in [1.165, 1.54) is 6.08 Å². The van der Waals surface area contributed by atoms with Gasteiger partial charge in [0.25, 0.3) is 0 Å². The number of aryl methyl sites for hydroxylation is 1. The molecule has 0 spiro atoms. The smallest absolute Gasteiger partial charge is 0.303 e. The van der Waals surface area contributed by atoms with Crippen LogP contribution in [0, 0.1) is 0 Å². The normalized spacial score (nSPS) is 17.5. The van der Waals surface area contributed by atoms with E-state index in [-0.39, 0.29) is 6.42 Å². The van der Waals surface area contributed by atoms with E-state index in [9.17, 15) is 14.3 Å². The zero-order valence-electron chi connectivity index (χ0n) is 15.7. The molecule has 7 heteroatoms. The monoisotopic (exact) mass is 385 g/mol. The molecule has 0 aliphatic heterocycles. The largest absolute Gasteiger partial charge is 0.481 e. The van der Waals surface area contributed by atoms with Crippen LogP contribution in [0.1, 0.15) is 48.9 Å². The van der Waals surface area contributed by atoms with E-state index in [2.05, 4.69) is 5.32 Å². The van der Waals surface area contributed by atoms with Crippen molar-refractivity contribution in [2.45, 2.75) is 44.5 Å². The lowest BCUT2D eigenvalue weighted by atomic mass is 9.99. The number of alkyl halides is 1. The Morgan fingerprint density at radius 1 is 1.32 bits per heavy atom. The molecule has 148 valence electrons. The van der Waals surface area contributed by atoms with E-state index in [1.807, 2.05) is 6.08 Å². The minimum atomic E-state index is -0.984. The number of nitrogens with one attached hydrogen (secondary N) is 1. The lowest BCUT2D eigenvalue weighted by Crippen LogP contribution is -2.15. The summed E-state index contributed by atoms with van der Waals surface area (Å²) in [6, 6.07) is 5.38. The number of unbranched alkanes of at least 4 members (excludes halogenated alkanes) is 1. The number of aliphatic hydroxyl groups excluding tert-OH is 1. The average Bonchev–Trinajstić information content (AvgIpc) is 2.70. The average molecular weight is 385 g/mol. The maximum atomic E-state index is 13.5. The summed E-state index contributed by atoms with van der Waals surface area (Å²) in [5, 5.41) is 21.6. The van der Waals surface area contributed by atoms with Crippen molar-refractivity contribution in [3.63, 3.8) is 0 Å². The van der Waals surface area contributed by atoms with E-state index in [4.69, 9.17) is 15.1 Å². The Hall–Kier alpha value is -2.64. The third-order valence-electron chi connectivity index (χ3n) is 4.72. The van der Waals surface area contributed by atoms with E-state index in [0.717, 1.165) is 11.3 Å². The number of carboxylic acids is 1. The molecule has 28 heavy (non-hydrogen) atoms. The van der Waals surface area contributed by atoms with Crippen molar-refractivity contribution in [3.8, 4) is 0 Å². The van der Waals surface area contributed by atoms with Crippen LogP contribution in [0.15, 0.2) is 36.4 Å². The first kappa shape index (κ1) is 20.1. The molecule has 0 saturated carbocycles. The van der Waals surface area contributed by atoms with E-state index < -0.39 is 18.4 Å². The molecule has 2 unspecified atom stereocenters. The number of carbonyl (C=O) groups is 1. The van der Waals surface area contributed by atoms with Crippen LogP contribution in [0.3, 0.4) is 0 Å². The lowest BCUT2D eigenvalue weighted by molar-refractivity contribution is -0.137. The van der Waals surface area contributed by atoms with Crippen molar-refractivity contribution < 1.29 is 19.4 Å². The van der Waals surface area contributed by atoms with Crippen molar-refractivity contribution in [2.75, 3.05) is 7.05 Å². The summed E-state index contributed by atoms with van der Waals surface area (Å²) in [6.45, 7) is 0. The highest BCUT2D eigenvalue weighted by molar-refractivity contribution is 5.81. The second-order valence-electron chi connectivity index (χ2n) is 6.83. The second-order valence-corrected chi connectivity index (χ2v) is 6.83. The van der Waals surface area contributed by atoms with Crippen LogP contribution in [-0.2, 0) is 11.2 Å². The molecule has 0 fully saturated rings. The van der Waals surface area contributed by atoms with Crippen LogP contribution in [-0.4, -0.2) is 39.4 Å². The molecular weight excluding hydrogens is 361 g/mol. The number of rotatable bonds is 8. The first-order valence-electron chi connectivity index (χ1n) is 9.38. The second kappa shape index (κ2) is 9.03. The van der Waals surface area contributed by atoms with Gasteiger partial charge in [0.1, 0.15) is 12.4 Å². The number of benzene rings is 1. The maximum absolute atomic E-state index is 13.5. The Bertz CT molecular complexity index is 926. The summed E-state index contributed by atoms with van der Waals surface area (Å²) < 4.78 is 13.5. The van der Waals surface area contributed by atoms with Gasteiger partial charge in [0.15, 0.2) is 0 Å². The van der Waals surface area contributed by atoms with Crippen LogP contribution >= 0.6 is 0 Å². The minimum absolute atomic E-state index is 0.112. The van der Waals surface area contributed by atoms with Gasteiger partial charge in [0.2, 0.25) is 0 Å². The molecule has 0 bridgehead atoms. The molecule has 0 amide bonds. The number of halogens is 1. The van der Waals surface area contributed by atoms with E-state index in [0.29, 0.717) is 48.0 Å². The highest BCUT2D eigenvalue weighted by Crippen LogP contribution is 2.27. The summed E-state index contributed by atoms with van der Waals surface area (Å²) >= 11 is 0. The number of aromatic nitrogens is 2. The first-order valence-corrected chi connectivity index (χ1v) is 9.38.